The van der Waals surface area contributed by atoms with Gasteiger partial charge < -0.3 is 9.13 Å². The Hall–Kier alpha value is -9.33. The Morgan fingerprint density at radius 3 is 1.32 bits per heavy atom. The smallest absolute Gasteiger partial charge is 0.180 e. The molecule has 2 aromatic heterocycles. The Labute approximate surface area is 444 Å². The number of para-hydroxylation sites is 2. The molecule has 0 spiro atoms. The first-order valence-corrected chi connectivity index (χ1v) is 30.4. The second-order valence-electron chi connectivity index (χ2n) is 20.3. The number of hydrogen-bond acceptors (Lipinski definition) is 0. The first-order chi connectivity index (χ1) is 37.7. The minimum absolute atomic E-state index is 1.14. The molecule has 12 aromatic carbocycles. The minimum atomic E-state index is -2.69. The minimum Gasteiger partial charge on any atom is -0.309 e. The average molecular weight is 999 g/mol. The summed E-state index contributed by atoms with van der Waals surface area (Å²) in [4.78, 5) is 0. The van der Waals surface area contributed by atoms with Crippen molar-refractivity contribution in [3.63, 3.8) is 0 Å². The van der Waals surface area contributed by atoms with E-state index in [1.54, 1.807) is 0 Å². The summed E-state index contributed by atoms with van der Waals surface area (Å²) >= 11 is 0. The Kier molecular flexibility index (Phi) is 10.3. The molecule has 0 fully saturated rings. The molecule has 0 saturated carbocycles. The number of benzene rings is 12. The molecule has 0 aliphatic carbocycles. The Morgan fingerprint density at radius 2 is 0.684 bits per heavy atom. The SMILES string of the molecule is c1ccc([Si](c2ccccc2)(c2ccccc2)c2ccc(-n3c4ccccc4c4cc(-n5c6ccccc6c6c(-c7cccc8c7-c7ccccc7[Si]8(c7ccccc7)c7ccccc7)cccc65)ccc43)cc2)cc1. The first-order valence-electron chi connectivity index (χ1n) is 26.4. The zero-order valence-corrected chi connectivity index (χ0v) is 43.8. The predicted octanol–water partition coefficient (Wildman–Crippen LogP) is 12.3. The molecule has 2 nitrogen and oxygen atoms in total. The first kappa shape index (κ1) is 44.2. The maximum absolute atomic E-state index is 2.69. The van der Waals surface area contributed by atoms with E-state index in [9.17, 15) is 0 Å². The van der Waals surface area contributed by atoms with Crippen LogP contribution in [0.1, 0.15) is 0 Å². The lowest BCUT2D eigenvalue weighted by atomic mass is 9.92. The van der Waals surface area contributed by atoms with Crippen molar-refractivity contribution in [2.24, 2.45) is 0 Å². The van der Waals surface area contributed by atoms with Gasteiger partial charge in [-0.25, -0.2) is 0 Å². The third-order valence-corrected chi connectivity index (χ3v) is 26.2. The molecule has 1 aliphatic rings. The van der Waals surface area contributed by atoms with Gasteiger partial charge in [0.2, 0.25) is 0 Å². The van der Waals surface area contributed by atoms with Crippen LogP contribution < -0.4 is 41.5 Å². The van der Waals surface area contributed by atoms with Crippen molar-refractivity contribution < 1.29 is 0 Å². The highest BCUT2D eigenvalue weighted by Crippen LogP contribution is 2.44. The molecule has 0 saturated heterocycles. The summed E-state index contributed by atoms with van der Waals surface area (Å²) in [5.41, 5.74) is 12.3. The molecule has 76 heavy (non-hydrogen) atoms. The van der Waals surface area contributed by atoms with Crippen molar-refractivity contribution in [2.45, 2.75) is 0 Å². The van der Waals surface area contributed by atoms with Gasteiger partial charge in [0.15, 0.2) is 16.1 Å². The molecule has 1 aliphatic heterocycles. The van der Waals surface area contributed by atoms with Crippen molar-refractivity contribution in [2.75, 3.05) is 0 Å². The van der Waals surface area contributed by atoms with Crippen molar-refractivity contribution in [1.29, 1.82) is 0 Å². The molecule has 14 aromatic rings. The van der Waals surface area contributed by atoms with E-state index < -0.39 is 16.1 Å². The molecule has 0 unspecified atom stereocenters. The van der Waals surface area contributed by atoms with E-state index in [1.807, 2.05) is 0 Å². The Morgan fingerprint density at radius 1 is 0.263 bits per heavy atom. The zero-order chi connectivity index (χ0) is 50.2. The van der Waals surface area contributed by atoms with Gasteiger partial charge in [-0.3, -0.25) is 0 Å². The number of aromatic nitrogens is 2. The van der Waals surface area contributed by atoms with Crippen LogP contribution in [0.5, 0.6) is 0 Å². The van der Waals surface area contributed by atoms with Crippen LogP contribution in [0.25, 0.3) is 77.2 Å². The summed E-state index contributed by atoms with van der Waals surface area (Å²) in [6.45, 7) is 0. The molecule has 0 atom stereocenters. The van der Waals surface area contributed by atoms with Gasteiger partial charge in [0.1, 0.15) is 0 Å². The van der Waals surface area contributed by atoms with Crippen LogP contribution in [-0.2, 0) is 0 Å². The second-order valence-corrected chi connectivity index (χ2v) is 27.8. The fourth-order valence-corrected chi connectivity index (χ4v) is 23.5. The van der Waals surface area contributed by atoms with E-state index in [4.69, 9.17) is 0 Å². The van der Waals surface area contributed by atoms with Crippen molar-refractivity contribution in [1.82, 2.24) is 9.13 Å². The topological polar surface area (TPSA) is 9.86 Å². The highest BCUT2D eigenvalue weighted by atomic mass is 28.3. The number of fused-ring (bicyclic) bond motifs is 9. The predicted molar refractivity (Wildman–Crippen MR) is 327 cm³/mol. The van der Waals surface area contributed by atoms with E-state index in [0.29, 0.717) is 0 Å². The molecule has 356 valence electrons. The summed E-state index contributed by atoms with van der Waals surface area (Å²) < 4.78 is 4.96. The molecule has 15 rings (SSSR count). The Bertz CT molecular complexity index is 4350. The van der Waals surface area contributed by atoms with Crippen molar-refractivity contribution in [3.05, 3.63) is 303 Å². The largest absolute Gasteiger partial charge is 0.309 e. The van der Waals surface area contributed by atoms with Crippen LogP contribution in [-0.4, -0.2) is 25.3 Å². The van der Waals surface area contributed by atoms with Gasteiger partial charge in [0, 0.05) is 32.9 Å². The quantitative estimate of drug-likeness (QED) is 0.101. The van der Waals surface area contributed by atoms with Crippen molar-refractivity contribution in [3.8, 4) is 33.6 Å². The van der Waals surface area contributed by atoms with Crippen LogP contribution in [0.2, 0.25) is 0 Å². The third kappa shape index (κ3) is 6.38. The summed E-state index contributed by atoms with van der Waals surface area (Å²) in [6, 6.07) is 114. The molecule has 0 radical (unpaired) electrons. The fraction of sp³-hybridized carbons (Fsp3) is 0. The van der Waals surface area contributed by atoms with E-state index in [0.717, 1.165) is 11.4 Å². The van der Waals surface area contributed by atoms with Crippen molar-refractivity contribution >= 4 is 101 Å². The van der Waals surface area contributed by atoms with Crippen LogP contribution in [0.3, 0.4) is 0 Å². The van der Waals surface area contributed by atoms with Gasteiger partial charge in [-0.15, -0.1) is 0 Å². The summed E-state index contributed by atoms with van der Waals surface area (Å²) in [5.74, 6) is 0. The van der Waals surface area contributed by atoms with E-state index in [-0.39, 0.29) is 0 Å². The third-order valence-electron chi connectivity index (χ3n) is 16.6. The lowest BCUT2D eigenvalue weighted by molar-refractivity contribution is 1.17. The Balaban J connectivity index is 0.906. The molecule has 4 heteroatoms. The summed E-state index contributed by atoms with van der Waals surface area (Å²) in [6.07, 6.45) is 0. The average Bonchev–Trinajstić information content (AvgIpc) is 4.19. The van der Waals surface area contributed by atoms with Gasteiger partial charge in [0.25, 0.3) is 0 Å². The molecular weight excluding hydrogens is 949 g/mol. The lowest BCUT2D eigenvalue weighted by Gasteiger charge is -2.34. The second kappa shape index (κ2) is 17.7. The van der Waals surface area contributed by atoms with Crippen LogP contribution in [0, 0.1) is 0 Å². The highest BCUT2D eigenvalue weighted by molar-refractivity contribution is 7.22. The van der Waals surface area contributed by atoms with Crippen LogP contribution in [0.15, 0.2) is 303 Å². The normalized spacial score (nSPS) is 12.8. The number of nitrogens with zero attached hydrogens (tertiary/aromatic N) is 2. The molecule has 0 N–H and O–H groups in total. The van der Waals surface area contributed by atoms with Gasteiger partial charge in [-0.05, 0) is 112 Å². The molecular formula is C72H50N2Si2. The standard InChI is InChI=1S/C72H50N2Si2/c1-6-24-53(25-7-1)75(54-26-8-2-9-27-54,55-28-10-3-11-29-55)58-47-44-51(45-48-58)73-65-39-19-16-34-59(65)64-50-52(46-49-67(64)73)74-66-40-20-17-35-62(66)71-60(37-22-41-68(71)74)61-38-23-43-70-72(61)63-36-18-21-42-69(63)76(70,56-30-12-4-13-31-56)57-32-14-5-15-33-57/h1-50H. The fourth-order valence-electron chi connectivity index (χ4n) is 13.5. The van der Waals surface area contributed by atoms with Gasteiger partial charge in [-0.1, -0.05) is 255 Å². The van der Waals surface area contributed by atoms with E-state index >= 15 is 0 Å². The maximum atomic E-state index is 2.50. The summed E-state index contributed by atoms with van der Waals surface area (Å²) in [7, 11) is -5.38. The van der Waals surface area contributed by atoms with Crippen LogP contribution >= 0.6 is 0 Å². The summed E-state index contributed by atoms with van der Waals surface area (Å²) in [5, 5.41) is 16.2. The monoisotopic (exact) mass is 998 g/mol. The van der Waals surface area contributed by atoms with Crippen LogP contribution in [0.4, 0.5) is 0 Å². The van der Waals surface area contributed by atoms with E-state index in [2.05, 4.69) is 312 Å². The molecule has 0 amide bonds. The van der Waals surface area contributed by atoms with Gasteiger partial charge in [0.05, 0.1) is 22.1 Å². The van der Waals surface area contributed by atoms with Gasteiger partial charge in [-0.2, -0.15) is 0 Å². The van der Waals surface area contributed by atoms with Gasteiger partial charge >= 0.3 is 0 Å². The zero-order valence-electron chi connectivity index (χ0n) is 41.8. The maximum Gasteiger partial charge on any atom is 0.180 e. The van der Waals surface area contributed by atoms with E-state index in [1.165, 1.54) is 107 Å². The molecule has 0 bridgehead atoms. The molecule has 3 heterocycles. The number of hydrogen-bond donors (Lipinski definition) is 0. The number of rotatable bonds is 9. The lowest BCUT2D eigenvalue weighted by Crippen LogP contribution is -2.74. The highest BCUT2D eigenvalue weighted by Gasteiger charge is 2.49.